The first-order valence-corrected chi connectivity index (χ1v) is 8.39. The van der Waals surface area contributed by atoms with Crippen LogP contribution in [0.2, 0.25) is 0 Å². The minimum atomic E-state index is -1.66. The van der Waals surface area contributed by atoms with E-state index in [0.29, 0.717) is 0 Å². The van der Waals surface area contributed by atoms with Crippen molar-refractivity contribution < 1.29 is 37.3 Å². The molecule has 0 saturated carbocycles. The molecule has 0 spiro atoms. The molecule has 3 rings (SSSR count). The summed E-state index contributed by atoms with van der Waals surface area (Å²) in [7, 11) is 1.17. The Bertz CT molecular complexity index is 820. The predicted molar refractivity (Wildman–Crippen MR) is 91.1 cm³/mol. The van der Waals surface area contributed by atoms with E-state index < -0.39 is 47.4 Å². The molecule has 2 N–H and O–H groups in total. The molecule has 1 fully saturated rings. The summed E-state index contributed by atoms with van der Waals surface area (Å²) >= 11 is 0. The summed E-state index contributed by atoms with van der Waals surface area (Å²) in [5.74, 6) is -4.07. The van der Waals surface area contributed by atoms with Gasteiger partial charge in [-0.25, -0.2) is 18.0 Å². The van der Waals surface area contributed by atoms with E-state index in [1.165, 1.54) is 13.3 Å². The van der Waals surface area contributed by atoms with Crippen LogP contribution in [0, 0.1) is 17.5 Å². The fourth-order valence-electron chi connectivity index (χ4n) is 2.99. The van der Waals surface area contributed by atoms with Crippen LogP contribution in [0.25, 0.3) is 0 Å². The number of allylic oxidation sites excluding steroid dienone is 1. The van der Waals surface area contributed by atoms with Crippen LogP contribution < -0.4 is 15.1 Å². The van der Waals surface area contributed by atoms with Gasteiger partial charge in [0, 0.05) is 31.8 Å². The molecule has 1 unspecified atom stereocenters. The number of halogens is 3. The number of rotatable bonds is 4. The number of benzene rings is 1. The number of carbonyl (C=O) groups is 2. The molecule has 0 radical (unpaired) electrons. The van der Waals surface area contributed by atoms with Crippen LogP contribution >= 0.6 is 0 Å². The average molecular weight is 401 g/mol. The molecule has 2 aliphatic rings. The van der Waals surface area contributed by atoms with Crippen LogP contribution in [-0.2, 0) is 14.3 Å². The number of ketones is 1. The maximum absolute atomic E-state index is 14.6. The fraction of sp³-hybridized carbons (Fsp3) is 0.412. The lowest BCUT2D eigenvalue weighted by Gasteiger charge is -2.26. The van der Waals surface area contributed by atoms with E-state index in [0.717, 1.165) is 21.9 Å². The lowest BCUT2D eigenvalue weighted by Crippen LogP contribution is -2.35. The second-order valence-electron chi connectivity index (χ2n) is 6.19. The highest BCUT2D eigenvalue weighted by Gasteiger charge is 2.36. The van der Waals surface area contributed by atoms with Gasteiger partial charge in [0.2, 0.25) is 6.41 Å². The third-order valence-electron chi connectivity index (χ3n) is 4.39. The van der Waals surface area contributed by atoms with E-state index in [-0.39, 0.29) is 31.8 Å². The molecule has 0 aliphatic carbocycles. The van der Waals surface area contributed by atoms with Gasteiger partial charge in [-0.2, -0.15) is 0 Å². The molecule has 8 nitrogen and oxygen atoms in total. The summed E-state index contributed by atoms with van der Waals surface area (Å²) in [5.41, 5.74) is -1.15. The molecule has 11 heteroatoms. The number of aliphatic hydroxyl groups is 1. The quantitative estimate of drug-likeness (QED) is 0.734. The van der Waals surface area contributed by atoms with E-state index in [1.54, 1.807) is 0 Å². The average Bonchev–Trinajstić information content (AvgIpc) is 3.04. The van der Waals surface area contributed by atoms with Gasteiger partial charge in [-0.15, -0.1) is 0 Å². The Morgan fingerprint density at radius 3 is 2.79 bits per heavy atom. The van der Waals surface area contributed by atoms with Gasteiger partial charge < -0.3 is 29.7 Å². The number of hydrogen-bond acceptors (Lipinski definition) is 7. The Morgan fingerprint density at radius 1 is 1.39 bits per heavy atom. The monoisotopic (exact) mass is 401 g/mol. The molecule has 1 aromatic rings. The van der Waals surface area contributed by atoms with Crippen molar-refractivity contribution in [3.8, 4) is 0 Å². The highest BCUT2D eigenvalue weighted by molar-refractivity contribution is 5.91. The molecule has 1 amide bonds. The van der Waals surface area contributed by atoms with E-state index in [1.807, 2.05) is 0 Å². The summed E-state index contributed by atoms with van der Waals surface area (Å²) in [6.07, 6.45) is -0.740. The van der Waals surface area contributed by atoms with E-state index in [4.69, 9.17) is 4.74 Å². The van der Waals surface area contributed by atoms with Gasteiger partial charge in [0.15, 0.2) is 23.2 Å². The number of aliphatic hydroxyl groups excluding tert-OH is 1. The lowest BCUT2D eigenvalue weighted by molar-refractivity contribution is -0.114. The van der Waals surface area contributed by atoms with Gasteiger partial charge in [-0.05, 0) is 6.08 Å². The van der Waals surface area contributed by atoms with Crippen LogP contribution in [0.5, 0.6) is 0 Å². The van der Waals surface area contributed by atoms with Crippen LogP contribution in [0.3, 0.4) is 0 Å². The third kappa shape index (κ3) is 3.90. The largest absolute Gasteiger partial charge is 0.453 e. The van der Waals surface area contributed by atoms with Gasteiger partial charge in [0.05, 0.1) is 25.4 Å². The number of ether oxygens (including phenoxy) is 2. The molecule has 2 atom stereocenters. The van der Waals surface area contributed by atoms with Crippen molar-refractivity contribution in [2.24, 2.45) is 0 Å². The molecule has 1 aromatic carbocycles. The maximum atomic E-state index is 14.6. The Kier molecular flexibility index (Phi) is 5.75. The van der Waals surface area contributed by atoms with Gasteiger partial charge in [-0.1, -0.05) is 0 Å². The molecule has 0 bridgehead atoms. The smallest absolute Gasteiger partial charge is 0.406 e. The van der Waals surface area contributed by atoms with Gasteiger partial charge in [0.25, 0.3) is 0 Å². The van der Waals surface area contributed by atoms with E-state index in [2.05, 4.69) is 10.1 Å². The Hall–Kier alpha value is -2.79. The van der Waals surface area contributed by atoms with Gasteiger partial charge in [-0.3, -0.25) is 4.79 Å². The van der Waals surface area contributed by atoms with E-state index >= 15 is 0 Å². The molecular weight excluding hydrogens is 383 g/mol. The molecular formula is C17H18F3N3O5. The topological polar surface area (TPSA) is 91.3 Å². The van der Waals surface area contributed by atoms with Gasteiger partial charge >= 0.3 is 6.09 Å². The lowest BCUT2D eigenvalue weighted by atomic mass is 10.1. The molecule has 2 aliphatic heterocycles. The normalized spacial score (nSPS) is 22.0. The molecule has 152 valence electrons. The predicted octanol–water partition coefficient (Wildman–Crippen LogP) is 1.23. The second-order valence-corrected chi connectivity index (χ2v) is 6.19. The first-order valence-electron chi connectivity index (χ1n) is 8.39. The van der Waals surface area contributed by atoms with Crippen molar-refractivity contribution >= 4 is 23.3 Å². The Morgan fingerprint density at radius 2 is 2.14 bits per heavy atom. The fourth-order valence-corrected chi connectivity index (χ4v) is 2.99. The number of amides is 1. The number of alkyl carbamates (subject to hydrolysis) is 1. The Balaban J connectivity index is 1.82. The standard InChI is InChI=1S/C17H18F3N3O5/c1-27-16(25)21-7-10-8-23(17(26)28-10)12-6-11(18)15(14(20)13(12)19)22-4-2-9(24)3-5-22/h2,4,6,10,17,26H,3,5,7-8H2,1H3,(H,21,25)/t10-,17?/m0/s1. The van der Waals surface area contributed by atoms with Gasteiger partial charge in [0.1, 0.15) is 5.69 Å². The summed E-state index contributed by atoms with van der Waals surface area (Å²) in [4.78, 5) is 24.4. The number of nitrogens with zero attached hydrogens (tertiary/aromatic N) is 2. The summed E-state index contributed by atoms with van der Waals surface area (Å²) in [6, 6.07) is 0.751. The number of carbonyl (C=O) groups excluding carboxylic acids is 2. The first-order chi connectivity index (χ1) is 13.3. The van der Waals surface area contributed by atoms with Crippen molar-refractivity contribution in [3.63, 3.8) is 0 Å². The maximum Gasteiger partial charge on any atom is 0.406 e. The summed E-state index contributed by atoms with van der Waals surface area (Å²) in [6.45, 7) is -0.172. The first kappa shape index (κ1) is 20.0. The number of hydrogen-bond donors (Lipinski definition) is 2. The van der Waals surface area contributed by atoms with Crippen molar-refractivity contribution in [2.45, 2.75) is 18.9 Å². The number of methoxy groups -OCH3 is 1. The van der Waals surface area contributed by atoms with Crippen LogP contribution in [0.4, 0.5) is 29.3 Å². The van der Waals surface area contributed by atoms with E-state index in [9.17, 15) is 27.9 Å². The zero-order chi connectivity index (χ0) is 20.4. The molecule has 0 aromatic heterocycles. The zero-order valence-electron chi connectivity index (χ0n) is 14.8. The SMILES string of the molecule is COC(=O)NC[C@H]1CN(c2cc(F)c(N3C=CC(=O)CC3)c(F)c2F)C(O)O1. The minimum absolute atomic E-state index is 0.0126. The van der Waals surface area contributed by atoms with Crippen molar-refractivity contribution in [1.82, 2.24) is 5.32 Å². The van der Waals surface area contributed by atoms with Crippen molar-refractivity contribution in [1.29, 1.82) is 0 Å². The highest BCUT2D eigenvalue weighted by Crippen LogP contribution is 2.35. The van der Waals surface area contributed by atoms with Crippen molar-refractivity contribution in [2.75, 3.05) is 36.5 Å². The molecule has 28 heavy (non-hydrogen) atoms. The molecule has 2 heterocycles. The van der Waals surface area contributed by atoms with Crippen LogP contribution in [-0.4, -0.2) is 56.2 Å². The third-order valence-corrected chi connectivity index (χ3v) is 4.39. The van der Waals surface area contributed by atoms with Crippen molar-refractivity contribution in [3.05, 3.63) is 35.8 Å². The summed E-state index contributed by atoms with van der Waals surface area (Å²) in [5, 5.41) is 12.3. The minimum Gasteiger partial charge on any atom is -0.453 e. The number of anilines is 2. The summed E-state index contributed by atoms with van der Waals surface area (Å²) < 4.78 is 53.3. The van der Waals surface area contributed by atoms with Crippen LogP contribution in [0.1, 0.15) is 6.42 Å². The van der Waals surface area contributed by atoms with Crippen LogP contribution in [0.15, 0.2) is 18.3 Å². The number of nitrogens with one attached hydrogen (secondary N) is 1. The Labute approximate surface area is 158 Å². The molecule has 1 saturated heterocycles. The highest BCUT2D eigenvalue weighted by atomic mass is 19.2. The zero-order valence-corrected chi connectivity index (χ0v) is 14.8. The second kappa shape index (κ2) is 8.07.